The second-order valence-corrected chi connectivity index (χ2v) is 9.90. The van der Waals surface area contributed by atoms with Gasteiger partial charge in [-0.05, 0) is 60.2 Å². The van der Waals surface area contributed by atoms with Crippen molar-refractivity contribution in [2.75, 3.05) is 7.11 Å². The number of para-hydroxylation sites is 1. The minimum atomic E-state index is -0.440. The molecule has 0 spiro atoms. The standard InChI is InChI=1S/C31H24ClFN2O4S/c1-37-29-16-21(13-14-28(29)38-18-24-25(32)11-6-12-26(24)33)31-35-27(19-40-31)30(36)34-17-20-7-5-10-23(15-20)39-22-8-3-2-4-9-22/h2-16,19H,17-18H2,1H3,(H,34,36). The minimum Gasteiger partial charge on any atom is -0.493 e. The Morgan fingerprint density at radius 3 is 2.55 bits per heavy atom. The van der Waals surface area contributed by atoms with Crippen molar-refractivity contribution in [3.05, 3.63) is 124 Å². The summed E-state index contributed by atoms with van der Waals surface area (Å²) in [5.74, 6) is 1.58. The van der Waals surface area contributed by atoms with E-state index in [1.54, 1.807) is 35.7 Å². The number of nitrogens with one attached hydrogen (secondary N) is 1. The molecule has 0 bridgehead atoms. The fourth-order valence-corrected chi connectivity index (χ4v) is 4.88. The van der Waals surface area contributed by atoms with Crippen LogP contribution in [0.3, 0.4) is 0 Å². The van der Waals surface area contributed by atoms with Gasteiger partial charge < -0.3 is 19.5 Å². The normalized spacial score (nSPS) is 10.7. The van der Waals surface area contributed by atoms with Crippen LogP contribution in [-0.2, 0) is 13.2 Å². The summed E-state index contributed by atoms with van der Waals surface area (Å²) in [6, 6.07) is 26.8. The quantitative estimate of drug-likeness (QED) is 0.183. The third kappa shape index (κ3) is 6.59. The van der Waals surface area contributed by atoms with Crippen molar-refractivity contribution in [2.45, 2.75) is 13.2 Å². The van der Waals surface area contributed by atoms with E-state index in [0.29, 0.717) is 34.5 Å². The average molecular weight is 575 g/mol. The zero-order valence-electron chi connectivity index (χ0n) is 21.4. The van der Waals surface area contributed by atoms with Crippen molar-refractivity contribution in [3.8, 4) is 33.6 Å². The van der Waals surface area contributed by atoms with Crippen molar-refractivity contribution in [3.63, 3.8) is 0 Å². The Morgan fingerprint density at radius 2 is 1.75 bits per heavy atom. The van der Waals surface area contributed by atoms with Gasteiger partial charge in [-0.2, -0.15) is 0 Å². The van der Waals surface area contributed by atoms with E-state index < -0.39 is 5.82 Å². The van der Waals surface area contributed by atoms with E-state index in [-0.39, 0.29) is 23.1 Å². The lowest BCUT2D eigenvalue weighted by molar-refractivity contribution is 0.0946. The van der Waals surface area contributed by atoms with Gasteiger partial charge in [-0.25, -0.2) is 9.37 Å². The fraction of sp³-hybridized carbons (Fsp3) is 0.0968. The Bertz CT molecular complexity index is 1610. The molecule has 0 atom stereocenters. The van der Waals surface area contributed by atoms with Gasteiger partial charge in [-0.3, -0.25) is 4.79 Å². The van der Waals surface area contributed by atoms with Crippen molar-refractivity contribution < 1.29 is 23.4 Å². The molecule has 0 aliphatic heterocycles. The second kappa shape index (κ2) is 12.6. The number of rotatable bonds is 10. The van der Waals surface area contributed by atoms with Gasteiger partial charge in [0, 0.05) is 23.1 Å². The SMILES string of the molecule is COc1cc(-c2nc(C(=O)NCc3cccc(Oc4ccccc4)c3)cs2)ccc1OCc1c(F)cccc1Cl. The van der Waals surface area contributed by atoms with Crippen LogP contribution in [0.1, 0.15) is 21.6 Å². The first-order valence-corrected chi connectivity index (χ1v) is 13.6. The van der Waals surface area contributed by atoms with Crippen molar-refractivity contribution >= 4 is 28.8 Å². The Hall–Kier alpha value is -4.40. The number of methoxy groups -OCH3 is 1. The summed E-state index contributed by atoms with van der Waals surface area (Å²) in [7, 11) is 1.52. The van der Waals surface area contributed by atoms with E-state index in [9.17, 15) is 9.18 Å². The van der Waals surface area contributed by atoms with Crippen molar-refractivity contribution in [1.29, 1.82) is 0 Å². The molecule has 0 radical (unpaired) electrons. The van der Waals surface area contributed by atoms with Gasteiger partial charge in [0.2, 0.25) is 0 Å². The number of halogens is 2. The van der Waals surface area contributed by atoms with Crippen LogP contribution in [0, 0.1) is 5.82 Å². The molecular formula is C31H24ClFN2O4S. The number of hydrogen-bond acceptors (Lipinski definition) is 6. The maximum absolute atomic E-state index is 14.1. The topological polar surface area (TPSA) is 69.7 Å². The number of amides is 1. The minimum absolute atomic E-state index is 0.0515. The molecule has 202 valence electrons. The number of aromatic nitrogens is 1. The van der Waals surface area contributed by atoms with Crippen molar-refractivity contribution in [2.24, 2.45) is 0 Å². The molecule has 40 heavy (non-hydrogen) atoms. The first kappa shape index (κ1) is 27.2. The Labute approximate surface area is 240 Å². The molecule has 0 aliphatic carbocycles. The zero-order valence-corrected chi connectivity index (χ0v) is 23.0. The highest BCUT2D eigenvalue weighted by molar-refractivity contribution is 7.13. The van der Waals surface area contributed by atoms with Crippen LogP contribution in [0.4, 0.5) is 4.39 Å². The lowest BCUT2D eigenvalue weighted by Gasteiger charge is -2.13. The van der Waals surface area contributed by atoms with Gasteiger partial charge in [-0.1, -0.05) is 48.0 Å². The van der Waals surface area contributed by atoms with Crippen LogP contribution in [0.5, 0.6) is 23.0 Å². The van der Waals surface area contributed by atoms with E-state index in [4.69, 9.17) is 25.8 Å². The van der Waals surface area contributed by atoms with E-state index in [0.717, 1.165) is 16.9 Å². The Morgan fingerprint density at radius 1 is 0.950 bits per heavy atom. The third-order valence-electron chi connectivity index (χ3n) is 5.91. The summed E-state index contributed by atoms with van der Waals surface area (Å²) in [6.07, 6.45) is 0. The number of hydrogen-bond donors (Lipinski definition) is 1. The molecule has 4 aromatic carbocycles. The Kier molecular flexibility index (Phi) is 8.59. The molecule has 0 saturated carbocycles. The van der Waals surface area contributed by atoms with Crippen LogP contribution in [0.2, 0.25) is 5.02 Å². The molecule has 1 aromatic heterocycles. The van der Waals surface area contributed by atoms with Crippen molar-refractivity contribution in [1.82, 2.24) is 10.3 Å². The molecular weight excluding hydrogens is 551 g/mol. The van der Waals surface area contributed by atoms with E-state index in [1.165, 1.54) is 24.5 Å². The highest BCUT2D eigenvalue weighted by atomic mass is 35.5. The maximum Gasteiger partial charge on any atom is 0.271 e. The summed E-state index contributed by atoms with van der Waals surface area (Å²) >= 11 is 7.44. The van der Waals surface area contributed by atoms with Gasteiger partial charge >= 0.3 is 0 Å². The highest BCUT2D eigenvalue weighted by Gasteiger charge is 2.15. The molecule has 0 unspecified atom stereocenters. The lowest BCUT2D eigenvalue weighted by Crippen LogP contribution is -2.23. The molecule has 5 rings (SSSR count). The van der Waals surface area contributed by atoms with Crippen LogP contribution in [0.15, 0.2) is 96.4 Å². The first-order chi connectivity index (χ1) is 19.5. The largest absolute Gasteiger partial charge is 0.493 e. The average Bonchev–Trinajstić information content (AvgIpc) is 3.47. The van der Waals surface area contributed by atoms with Crippen LogP contribution < -0.4 is 19.5 Å². The molecule has 1 N–H and O–H groups in total. The maximum atomic E-state index is 14.1. The first-order valence-electron chi connectivity index (χ1n) is 12.3. The van der Waals surface area contributed by atoms with E-state index in [2.05, 4.69) is 10.3 Å². The van der Waals surface area contributed by atoms with Gasteiger partial charge in [0.15, 0.2) is 11.5 Å². The summed E-state index contributed by atoms with van der Waals surface area (Å²) < 4.78 is 31.2. The van der Waals surface area contributed by atoms with Crippen LogP contribution in [0.25, 0.3) is 10.6 Å². The van der Waals surface area contributed by atoms with Gasteiger partial charge in [-0.15, -0.1) is 11.3 Å². The molecule has 6 nitrogen and oxygen atoms in total. The number of carbonyl (C=O) groups is 1. The Balaban J connectivity index is 1.22. The predicted octanol–water partition coefficient (Wildman–Crippen LogP) is 7.91. The smallest absolute Gasteiger partial charge is 0.271 e. The zero-order chi connectivity index (χ0) is 27.9. The number of thiazole rings is 1. The van der Waals surface area contributed by atoms with E-state index in [1.807, 2.05) is 54.6 Å². The molecule has 5 aromatic rings. The molecule has 0 fully saturated rings. The van der Waals surface area contributed by atoms with Crippen LogP contribution >= 0.6 is 22.9 Å². The van der Waals surface area contributed by atoms with Crippen LogP contribution in [-0.4, -0.2) is 18.0 Å². The lowest BCUT2D eigenvalue weighted by atomic mass is 10.2. The summed E-state index contributed by atoms with van der Waals surface area (Å²) in [5.41, 5.74) is 2.23. The fourth-order valence-electron chi connectivity index (χ4n) is 3.87. The summed E-state index contributed by atoms with van der Waals surface area (Å²) in [5, 5.41) is 5.55. The molecule has 1 amide bonds. The van der Waals surface area contributed by atoms with Gasteiger partial charge in [0.25, 0.3) is 5.91 Å². The molecule has 9 heteroatoms. The van der Waals surface area contributed by atoms with E-state index >= 15 is 0 Å². The summed E-state index contributed by atoms with van der Waals surface area (Å²) in [4.78, 5) is 17.3. The highest BCUT2D eigenvalue weighted by Crippen LogP contribution is 2.35. The van der Waals surface area contributed by atoms with Gasteiger partial charge in [0.05, 0.1) is 12.1 Å². The second-order valence-electron chi connectivity index (χ2n) is 8.64. The molecule has 1 heterocycles. The third-order valence-corrected chi connectivity index (χ3v) is 7.16. The van der Waals surface area contributed by atoms with Gasteiger partial charge in [0.1, 0.15) is 34.6 Å². The number of benzene rings is 4. The molecule has 0 aliphatic rings. The number of carbonyl (C=O) groups excluding carboxylic acids is 1. The monoisotopic (exact) mass is 574 g/mol. The summed E-state index contributed by atoms with van der Waals surface area (Å²) in [6.45, 7) is 0.271. The number of ether oxygens (including phenoxy) is 3. The number of nitrogens with zero attached hydrogens (tertiary/aromatic N) is 1. The molecule has 0 saturated heterocycles. The predicted molar refractivity (Wildman–Crippen MR) is 154 cm³/mol.